The Balaban J connectivity index is 2.37. The van der Waals surface area contributed by atoms with Gasteiger partial charge in [0.1, 0.15) is 5.82 Å². The molecule has 1 saturated carbocycles. The molecule has 106 valence electrons. The summed E-state index contributed by atoms with van der Waals surface area (Å²) >= 11 is 0. The first-order valence-electron chi connectivity index (χ1n) is 7.21. The SMILES string of the molecule is COCc1cc(C(C)C)nc(C2(N)CCCCC2)n1. The van der Waals surface area contributed by atoms with E-state index in [0.717, 1.165) is 30.1 Å². The number of hydrogen-bond donors (Lipinski definition) is 1. The number of nitrogens with zero attached hydrogens (tertiary/aromatic N) is 2. The van der Waals surface area contributed by atoms with Crippen molar-refractivity contribution >= 4 is 0 Å². The summed E-state index contributed by atoms with van der Waals surface area (Å²) in [5, 5.41) is 0. The fourth-order valence-corrected chi connectivity index (χ4v) is 2.67. The zero-order chi connectivity index (χ0) is 13.9. The molecule has 1 aliphatic rings. The first-order chi connectivity index (χ1) is 9.05. The first kappa shape index (κ1) is 14.4. The van der Waals surface area contributed by atoms with E-state index >= 15 is 0 Å². The molecule has 0 saturated heterocycles. The van der Waals surface area contributed by atoms with Gasteiger partial charge in [0.05, 0.1) is 17.8 Å². The van der Waals surface area contributed by atoms with Gasteiger partial charge in [0.25, 0.3) is 0 Å². The number of hydrogen-bond acceptors (Lipinski definition) is 4. The third-order valence-corrected chi connectivity index (χ3v) is 3.87. The minimum absolute atomic E-state index is 0.342. The van der Waals surface area contributed by atoms with Crippen LogP contribution in [-0.2, 0) is 16.9 Å². The van der Waals surface area contributed by atoms with Gasteiger partial charge in [0.2, 0.25) is 0 Å². The van der Waals surface area contributed by atoms with Gasteiger partial charge in [-0.15, -0.1) is 0 Å². The van der Waals surface area contributed by atoms with Crippen LogP contribution in [0.3, 0.4) is 0 Å². The van der Waals surface area contributed by atoms with Crippen molar-refractivity contribution in [2.45, 2.75) is 64.0 Å². The lowest BCUT2D eigenvalue weighted by atomic mass is 9.81. The van der Waals surface area contributed by atoms with Gasteiger partial charge in [-0.1, -0.05) is 33.1 Å². The van der Waals surface area contributed by atoms with Gasteiger partial charge >= 0.3 is 0 Å². The summed E-state index contributed by atoms with van der Waals surface area (Å²) in [4.78, 5) is 9.36. The number of nitrogens with two attached hydrogens (primary N) is 1. The van der Waals surface area contributed by atoms with Crippen LogP contribution in [0.4, 0.5) is 0 Å². The molecule has 1 aromatic rings. The van der Waals surface area contributed by atoms with Crippen molar-refractivity contribution in [2.24, 2.45) is 5.73 Å². The molecule has 4 heteroatoms. The Labute approximate surface area is 115 Å². The molecule has 0 spiro atoms. The monoisotopic (exact) mass is 263 g/mol. The summed E-state index contributed by atoms with van der Waals surface area (Å²) in [6, 6.07) is 2.03. The second-order valence-corrected chi connectivity index (χ2v) is 5.91. The minimum atomic E-state index is -0.342. The van der Waals surface area contributed by atoms with Crippen molar-refractivity contribution < 1.29 is 4.74 Å². The van der Waals surface area contributed by atoms with Gasteiger partial charge in [-0.05, 0) is 24.8 Å². The molecule has 1 fully saturated rings. The van der Waals surface area contributed by atoms with Crippen LogP contribution in [0.15, 0.2) is 6.07 Å². The second kappa shape index (κ2) is 5.97. The largest absolute Gasteiger partial charge is 0.378 e. The van der Waals surface area contributed by atoms with Crippen molar-refractivity contribution in [3.05, 3.63) is 23.3 Å². The zero-order valence-corrected chi connectivity index (χ0v) is 12.3. The van der Waals surface area contributed by atoms with E-state index in [-0.39, 0.29) is 5.54 Å². The molecule has 0 aromatic carbocycles. The van der Waals surface area contributed by atoms with Crippen molar-refractivity contribution in [3.63, 3.8) is 0 Å². The van der Waals surface area contributed by atoms with Crippen LogP contribution >= 0.6 is 0 Å². The van der Waals surface area contributed by atoms with Gasteiger partial charge in [0.15, 0.2) is 0 Å². The maximum Gasteiger partial charge on any atom is 0.148 e. The average molecular weight is 263 g/mol. The van der Waals surface area contributed by atoms with Crippen LogP contribution < -0.4 is 5.73 Å². The van der Waals surface area contributed by atoms with Crippen LogP contribution in [0, 0.1) is 0 Å². The third-order valence-electron chi connectivity index (χ3n) is 3.87. The summed E-state index contributed by atoms with van der Waals surface area (Å²) in [5.41, 5.74) is 8.21. The molecule has 2 rings (SSSR count). The topological polar surface area (TPSA) is 61.0 Å². The fraction of sp³-hybridized carbons (Fsp3) is 0.733. The maximum atomic E-state index is 6.55. The molecule has 0 atom stereocenters. The van der Waals surface area contributed by atoms with Gasteiger partial charge in [-0.25, -0.2) is 9.97 Å². The van der Waals surface area contributed by atoms with E-state index in [4.69, 9.17) is 15.5 Å². The third kappa shape index (κ3) is 3.31. The summed E-state index contributed by atoms with van der Waals surface area (Å²) in [5.74, 6) is 1.19. The van der Waals surface area contributed by atoms with E-state index in [1.165, 1.54) is 19.3 Å². The molecular weight excluding hydrogens is 238 g/mol. The van der Waals surface area contributed by atoms with Gasteiger partial charge in [-0.3, -0.25) is 0 Å². The molecule has 0 aliphatic heterocycles. The molecule has 19 heavy (non-hydrogen) atoms. The number of rotatable bonds is 4. The highest BCUT2D eigenvalue weighted by Crippen LogP contribution is 2.33. The lowest BCUT2D eigenvalue weighted by Crippen LogP contribution is -2.40. The van der Waals surface area contributed by atoms with E-state index in [0.29, 0.717) is 12.5 Å². The summed E-state index contributed by atoms with van der Waals surface area (Å²) in [6.07, 6.45) is 5.59. The van der Waals surface area contributed by atoms with Crippen LogP contribution in [0.5, 0.6) is 0 Å². The van der Waals surface area contributed by atoms with Gasteiger partial charge in [0, 0.05) is 12.8 Å². The molecule has 0 unspecified atom stereocenters. The molecule has 1 aromatic heterocycles. The van der Waals surface area contributed by atoms with Crippen molar-refractivity contribution in [1.82, 2.24) is 9.97 Å². The molecule has 0 radical (unpaired) electrons. The standard InChI is InChI=1S/C15H25N3O/c1-11(2)13-9-12(10-19-3)17-14(18-13)15(16)7-5-4-6-8-15/h9,11H,4-8,10,16H2,1-3H3. The van der Waals surface area contributed by atoms with Crippen molar-refractivity contribution in [3.8, 4) is 0 Å². The van der Waals surface area contributed by atoms with Crippen LogP contribution in [0.25, 0.3) is 0 Å². The quantitative estimate of drug-likeness (QED) is 0.907. The van der Waals surface area contributed by atoms with E-state index in [1.54, 1.807) is 7.11 Å². The number of ether oxygens (including phenoxy) is 1. The van der Waals surface area contributed by atoms with E-state index in [1.807, 2.05) is 6.07 Å². The summed E-state index contributed by atoms with van der Waals surface area (Å²) in [7, 11) is 1.69. The zero-order valence-electron chi connectivity index (χ0n) is 12.3. The molecule has 4 nitrogen and oxygen atoms in total. The van der Waals surface area contributed by atoms with Crippen LogP contribution in [0.2, 0.25) is 0 Å². The molecule has 0 bridgehead atoms. The van der Waals surface area contributed by atoms with Gasteiger partial charge in [-0.2, -0.15) is 0 Å². The fourth-order valence-electron chi connectivity index (χ4n) is 2.67. The molecule has 1 heterocycles. The molecule has 2 N–H and O–H groups in total. The van der Waals surface area contributed by atoms with Crippen LogP contribution in [-0.4, -0.2) is 17.1 Å². The van der Waals surface area contributed by atoms with Crippen molar-refractivity contribution in [1.29, 1.82) is 0 Å². The normalized spacial score (nSPS) is 18.8. The Kier molecular flexibility index (Phi) is 4.53. The Hall–Kier alpha value is -1.00. The minimum Gasteiger partial charge on any atom is -0.378 e. The Morgan fingerprint density at radius 3 is 2.53 bits per heavy atom. The predicted molar refractivity (Wildman–Crippen MR) is 75.8 cm³/mol. The van der Waals surface area contributed by atoms with E-state index in [2.05, 4.69) is 18.8 Å². The Morgan fingerprint density at radius 2 is 1.95 bits per heavy atom. The molecule has 1 aliphatic carbocycles. The Bertz CT molecular complexity index is 425. The summed E-state index contributed by atoms with van der Waals surface area (Å²) < 4.78 is 5.21. The van der Waals surface area contributed by atoms with Gasteiger partial charge < -0.3 is 10.5 Å². The molecule has 0 amide bonds. The second-order valence-electron chi connectivity index (χ2n) is 5.91. The highest BCUT2D eigenvalue weighted by molar-refractivity contribution is 5.18. The lowest BCUT2D eigenvalue weighted by Gasteiger charge is -2.32. The van der Waals surface area contributed by atoms with Crippen LogP contribution in [0.1, 0.15) is 69.1 Å². The highest BCUT2D eigenvalue weighted by Gasteiger charge is 2.33. The maximum absolute atomic E-state index is 6.55. The highest BCUT2D eigenvalue weighted by atomic mass is 16.5. The number of aromatic nitrogens is 2. The smallest absolute Gasteiger partial charge is 0.148 e. The van der Waals surface area contributed by atoms with Crippen molar-refractivity contribution in [2.75, 3.05) is 7.11 Å². The molecular formula is C15H25N3O. The first-order valence-corrected chi connectivity index (χ1v) is 7.21. The predicted octanol–water partition coefficient (Wildman–Crippen LogP) is 2.86. The lowest BCUT2D eigenvalue weighted by molar-refractivity contribution is 0.180. The summed E-state index contributed by atoms with van der Waals surface area (Å²) in [6.45, 7) is 4.81. The number of methoxy groups -OCH3 is 1. The average Bonchev–Trinajstić information content (AvgIpc) is 2.39. The Morgan fingerprint density at radius 1 is 1.26 bits per heavy atom. The van der Waals surface area contributed by atoms with E-state index in [9.17, 15) is 0 Å². The van der Waals surface area contributed by atoms with E-state index < -0.39 is 0 Å².